The van der Waals surface area contributed by atoms with E-state index in [2.05, 4.69) is 10.2 Å². The van der Waals surface area contributed by atoms with Crippen LogP contribution in [0.15, 0.2) is 24.3 Å². The fraction of sp³-hybridized carbons (Fsp3) is 0.556. The molecule has 1 heterocycles. The van der Waals surface area contributed by atoms with Crippen LogP contribution in [0.5, 0.6) is 0 Å². The highest BCUT2D eigenvalue weighted by atomic mass is 16.5. The molecule has 2 aliphatic rings. The number of nitrogens with zero attached hydrogens (tertiary/aromatic N) is 1. The van der Waals surface area contributed by atoms with Crippen LogP contribution in [0.1, 0.15) is 25.7 Å². The van der Waals surface area contributed by atoms with Crippen LogP contribution in [0.25, 0.3) is 0 Å². The SMILES string of the molecule is O=C(Nc1ccc(N2CCOCC2)cc1)[C@H]1CCCC[C@H]1C(=O)O. The van der Waals surface area contributed by atoms with Gasteiger partial charge in [0.2, 0.25) is 5.91 Å². The number of amides is 1. The summed E-state index contributed by atoms with van der Waals surface area (Å²) in [6.07, 6.45) is 3.03. The normalized spacial score (nSPS) is 24.4. The van der Waals surface area contributed by atoms with Gasteiger partial charge in [-0.1, -0.05) is 12.8 Å². The molecule has 1 aliphatic carbocycles. The first kappa shape index (κ1) is 16.8. The van der Waals surface area contributed by atoms with Crippen molar-refractivity contribution in [1.82, 2.24) is 0 Å². The lowest BCUT2D eigenvalue weighted by Crippen LogP contribution is -2.36. The lowest BCUT2D eigenvalue weighted by atomic mass is 9.78. The Morgan fingerprint density at radius 1 is 1.04 bits per heavy atom. The highest BCUT2D eigenvalue weighted by Crippen LogP contribution is 2.31. The molecule has 1 aromatic rings. The predicted octanol–water partition coefficient (Wildman–Crippen LogP) is 2.35. The maximum absolute atomic E-state index is 12.5. The molecule has 1 amide bonds. The maximum atomic E-state index is 12.5. The Morgan fingerprint density at radius 3 is 2.29 bits per heavy atom. The number of hydrogen-bond acceptors (Lipinski definition) is 4. The van der Waals surface area contributed by atoms with E-state index in [1.165, 1.54) is 0 Å². The van der Waals surface area contributed by atoms with Gasteiger partial charge in [0, 0.05) is 24.5 Å². The van der Waals surface area contributed by atoms with Crippen molar-refractivity contribution in [2.24, 2.45) is 11.8 Å². The van der Waals surface area contributed by atoms with Gasteiger partial charge in [-0.3, -0.25) is 9.59 Å². The van der Waals surface area contributed by atoms with Crippen molar-refractivity contribution in [3.05, 3.63) is 24.3 Å². The third-order valence-electron chi connectivity index (χ3n) is 4.93. The molecule has 0 radical (unpaired) electrons. The molecule has 2 N–H and O–H groups in total. The van der Waals surface area contributed by atoms with Gasteiger partial charge in [0.05, 0.1) is 25.0 Å². The van der Waals surface area contributed by atoms with Crippen molar-refractivity contribution in [3.8, 4) is 0 Å². The zero-order chi connectivity index (χ0) is 16.9. The van der Waals surface area contributed by atoms with Gasteiger partial charge in [0.1, 0.15) is 0 Å². The molecular weight excluding hydrogens is 308 g/mol. The number of hydrogen-bond donors (Lipinski definition) is 2. The van der Waals surface area contributed by atoms with Crippen LogP contribution in [-0.4, -0.2) is 43.3 Å². The van der Waals surface area contributed by atoms with Gasteiger partial charge < -0.3 is 20.1 Å². The molecule has 1 aliphatic heterocycles. The third kappa shape index (κ3) is 3.87. The van der Waals surface area contributed by atoms with Crippen molar-refractivity contribution in [2.75, 3.05) is 36.5 Å². The van der Waals surface area contributed by atoms with Crippen LogP contribution < -0.4 is 10.2 Å². The number of benzene rings is 1. The van der Waals surface area contributed by atoms with Crippen molar-refractivity contribution in [3.63, 3.8) is 0 Å². The predicted molar refractivity (Wildman–Crippen MR) is 91.2 cm³/mol. The largest absolute Gasteiger partial charge is 0.481 e. The van der Waals surface area contributed by atoms with E-state index in [0.717, 1.165) is 44.8 Å². The average Bonchev–Trinajstić information content (AvgIpc) is 2.63. The maximum Gasteiger partial charge on any atom is 0.307 e. The minimum absolute atomic E-state index is 0.179. The van der Waals surface area contributed by atoms with Crippen LogP contribution >= 0.6 is 0 Å². The van der Waals surface area contributed by atoms with Crippen LogP contribution in [0.4, 0.5) is 11.4 Å². The second-order valence-corrected chi connectivity index (χ2v) is 6.47. The fourth-order valence-corrected chi connectivity index (χ4v) is 3.55. The highest BCUT2D eigenvalue weighted by molar-refractivity contribution is 5.95. The molecule has 0 unspecified atom stereocenters. The Balaban J connectivity index is 1.62. The lowest BCUT2D eigenvalue weighted by molar-refractivity contribution is -0.147. The second kappa shape index (κ2) is 7.66. The van der Waals surface area contributed by atoms with Crippen LogP contribution in [0.3, 0.4) is 0 Å². The number of morpholine rings is 1. The third-order valence-corrected chi connectivity index (χ3v) is 4.93. The fourth-order valence-electron chi connectivity index (χ4n) is 3.55. The summed E-state index contributed by atoms with van der Waals surface area (Å²) in [5, 5.41) is 12.2. The topological polar surface area (TPSA) is 78.9 Å². The average molecular weight is 332 g/mol. The molecule has 0 aromatic heterocycles. The number of ether oxygens (including phenoxy) is 1. The molecule has 2 atom stereocenters. The molecule has 0 spiro atoms. The van der Waals surface area contributed by atoms with Crippen molar-refractivity contribution in [2.45, 2.75) is 25.7 Å². The first-order valence-electron chi connectivity index (χ1n) is 8.61. The van der Waals surface area contributed by atoms with E-state index in [0.29, 0.717) is 18.5 Å². The van der Waals surface area contributed by atoms with E-state index in [1.807, 2.05) is 24.3 Å². The number of nitrogens with one attached hydrogen (secondary N) is 1. The summed E-state index contributed by atoms with van der Waals surface area (Å²) in [4.78, 5) is 26.1. The Kier molecular flexibility index (Phi) is 5.35. The summed E-state index contributed by atoms with van der Waals surface area (Å²) in [5.74, 6) is -2.04. The molecule has 24 heavy (non-hydrogen) atoms. The molecule has 0 bridgehead atoms. The Bertz CT molecular complexity index is 581. The number of aliphatic carboxylic acids is 1. The summed E-state index contributed by atoms with van der Waals surface area (Å²) < 4.78 is 5.35. The monoisotopic (exact) mass is 332 g/mol. The molecule has 1 saturated carbocycles. The van der Waals surface area contributed by atoms with Crippen molar-refractivity contribution >= 4 is 23.3 Å². The molecule has 1 saturated heterocycles. The summed E-state index contributed by atoms with van der Waals surface area (Å²) in [7, 11) is 0. The quantitative estimate of drug-likeness (QED) is 0.885. The first-order chi connectivity index (χ1) is 11.6. The number of carbonyl (C=O) groups is 2. The molecule has 1 aromatic carbocycles. The van der Waals surface area contributed by atoms with Gasteiger partial charge in [0.15, 0.2) is 0 Å². The van der Waals surface area contributed by atoms with Gasteiger partial charge in [0.25, 0.3) is 0 Å². The zero-order valence-corrected chi connectivity index (χ0v) is 13.7. The van der Waals surface area contributed by atoms with Gasteiger partial charge in [-0.15, -0.1) is 0 Å². The van der Waals surface area contributed by atoms with E-state index < -0.39 is 17.8 Å². The summed E-state index contributed by atoms with van der Waals surface area (Å²) in [6.45, 7) is 3.20. The number of anilines is 2. The van der Waals surface area contributed by atoms with Gasteiger partial charge in [-0.05, 0) is 37.1 Å². The number of rotatable bonds is 4. The molecule has 6 nitrogen and oxygen atoms in total. The van der Waals surface area contributed by atoms with Gasteiger partial charge >= 0.3 is 5.97 Å². The molecular formula is C18H24N2O4. The van der Waals surface area contributed by atoms with Gasteiger partial charge in [-0.25, -0.2) is 0 Å². The minimum atomic E-state index is -0.863. The van der Waals surface area contributed by atoms with Crippen LogP contribution in [0.2, 0.25) is 0 Å². The second-order valence-electron chi connectivity index (χ2n) is 6.47. The molecule has 130 valence electrons. The number of carboxylic acid groups (broad SMARTS) is 1. The van der Waals surface area contributed by atoms with Crippen molar-refractivity contribution < 1.29 is 19.4 Å². The van der Waals surface area contributed by atoms with E-state index in [1.54, 1.807) is 0 Å². The Hall–Kier alpha value is -2.08. The zero-order valence-electron chi connectivity index (χ0n) is 13.7. The van der Waals surface area contributed by atoms with E-state index >= 15 is 0 Å². The summed E-state index contributed by atoms with van der Waals surface area (Å²) in [5.41, 5.74) is 1.82. The molecule has 2 fully saturated rings. The lowest BCUT2D eigenvalue weighted by Gasteiger charge is -2.29. The van der Waals surface area contributed by atoms with Gasteiger partial charge in [-0.2, -0.15) is 0 Å². The highest BCUT2D eigenvalue weighted by Gasteiger charge is 2.35. The smallest absolute Gasteiger partial charge is 0.307 e. The first-order valence-corrected chi connectivity index (χ1v) is 8.61. The van der Waals surface area contributed by atoms with E-state index in [4.69, 9.17) is 4.74 Å². The Morgan fingerprint density at radius 2 is 1.67 bits per heavy atom. The molecule has 3 rings (SSSR count). The standard InChI is InChI=1S/C18H24N2O4/c21-17(15-3-1-2-4-16(15)18(22)23)19-13-5-7-14(8-6-13)20-9-11-24-12-10-20/h5-8,15-16H,1-4,9-12H2,(H,19,21)(H,22,23)/t15-,16+/m0/s1. The number of carboxylic acids is 1. The van der Waals surface area contributed by atoms with Crippen LogP contribution in [0, 0.1) is 11.8 Å². The molecule has 6 heteroatoms. The number of carbonyl (C=O) groups excluding carboxylic acids is 1. The van der Waals surface area contributed by atoms with E-state index in [-0.39, 0.29) is 5.91 Å². The summed E-state index contributed by atoms with van der Waals surface area (Å²) in [6, 6.07) is 7.72. The van der Waals surface area contributed by atoms with Crippen LogP contribution in [-0.2, 0) is 14.3 Å². The Labute approximate surface area is 141 Å². The van der Waals surface area contributed by atoms with E-state index in [9.17, 15) is 14.7 Å². The minimum Gasteiger partial charge on any atom is -0.481 e. The van der Waals surface area contributed by atoms with Crippen molar-refractivity contribution in [1.29, 1.82) is 0 Å². The summed E-state index contributed by atoms with van der Waals surface area (Å²) >= 11 is 0.